The van der Waals surface area contributed by atoms with Gasteiger partial charge in [0.15, 0.2) is 5.96 Å². The lowest BCUT2D eigenvalue weighted by molar-refractivity contribution is -0.133. The van der Waals surface area contributed by atoms with E-state index in [1.165, 1.54) is 0 Å². The Kier molecular flexibility index (Phi) is 7.51. The van der Waals surface area contributed by atoms with E-state index in [4.69, 9.17) is 4.74 Å². The molecule has 2 fully saturated rings. The quantitative estimate of drug-likeness (QED) is 0.555. The molecule has 2 aliphatic rings. The maximum Gasteiger partial charge on any atom is 0.225 e. The number of aliphatic imine (C=N–C) groups is 1. The van der Waals surface area contributed by atoms with Crippen LogP contribution < -0.4 is 10.6 Å². The van der Waals surface area contributed by atoms with Gasteiger partial charge in [0.2, 0.25) is 5.91 Å². The van der Waals surface area contributed by atoms with Crippen LogP contribution in [0.5, 0.6) is 0 Å². The first kappa shape index (κ1) is 22.0. The van der Waals surface area contributed by atoms with E-state index in [-0.39, 0.29) is 35.6 Å². The van der Waals surface area contributed by atoms with Gasteiger partial charge in [-0.1, -0.05) is 13.8 Å². The van der Waals surface area contributed by atoms with Crippen molar-refractivity contribution < 1.29 is 9.53 Å². The van der Waals surface area contributed by atoms with Crippen LogP contribution in [0.1, 0.15) is 48.0 Å². The summed E-state index contributed by atoms with van der Waals surface area (Å²) in [5, 5.41) is 6.97. The summed E-state index contributed by atoms with van der Waals surface area (Å²) in [6.07, 6.45) is 1.47. The minimum absolute atomic E-state index is 0.000754. The molecule has 0 aromatic carbocycles. The first-order chi connectivity index (χ1) is 12.6. The van der Waals surface area contributed by atoms with E-state index in [1.807, 2.05) is 18.7 Å². The number of rotatable bonds is 5. The summed E-state index contributed by atoms with van der Waals surface area (Å²) in [6.45, 7) is 17.0. The number of carbonyl (C=O) groups is 1. The van der Waals surface area contributed by atoms with Crippen molar-refractivity contribution in [3.63, 3.8) is 0 Å². The summed E-state index contributed by atoms with van der Waals surface area (Å²) >= 11 is 0. The van der Waals surface area contributed by atoms with Crippen molar-refractivity contribution in [3.8, 4) is 0 Å². The smallest absolute Gasteiger partial charge is 0.225 e. The molecule has 7 nitrogen and oxygen atoms in total. The minimum Gasteiger partial charge on any atom is -0.373 e. The predicted molar refractivity (Wildman–Crippen MR) is 110 cm³/mol. The number of ether oxygens (including phenoxy) is 1. The van der Waals surface area contributed by atoms with Crippen molar-refractivity contribution in [2.24, 2.45) is 10.9 Å². The molecule has 3 unspecified atom stereocenters. The molecule has 27 heavy (non-hydrogen) atoms. The zero-order valence-corrected chi connectivity index (χ0v) is 18.2. The molecule has 1 amide bonds. The molecule has 0 saturated carbocycles. The Labute approximate surface area is 164 Å². The predicted octanol–water partition coefficient (Wildman–Crippen LogP) is 1.30. The Morgan fingerprint density at radius 1 is 1.22 bits per heavy atom. The summed E-state index contributed by atoms with van der Waals surface area (Å²) in [6, 6.07) is 0.255. The second kappa shape index (κ2) is 9.24. The molecule has 0 aromatic rings. The van der Waals surface area contributed by atoms with E-state index in [1.54, 1.807) is 7.05 Å². The van der Waals surface area contributed by atoms with Crippen LogP contribution in [0.2, 0.25) is 0 Å². The topological polar surface area (TPSA) is 69.2 Å². The Hall–Kier alpha value is -1.34. The van der Waals surface area contributed by atoms with Crippen molar-refractivity contribution in [3.05, 3.63) is 0 Å². The average molecular weight is 382 g/mol. The standard InChI is InChI=1S/C20H39N5O2/c1-14(2)18(26)24-9-8-17(12-24)23-19(21-7)22-13-20(5,6)25-10-15(3)27-16(4)11-25/h14-17H,8-13H2,1-7H3,(H2,21,22,23). The molecule has 0 radical (unpaired) electrons. The van der Waals surface area contributed by atoms with Gasteiger partial charge in [-0.3, -0.25) is 14.7 Å². The first-order valence-electron chi connectivity index (χ1n) is 10.3. The lowest BCUT2D eigenvalue weighted by Crippen LogP contribution is -2.59. The third-order valence-corrected chi connectivity index (χ3v) is 5.52. The Bertz CT molecular complexity index is 524. The highest BCUT2D eigenvalue weighted by atomic mass is 16.5. The van der Waals surface area contributed by atoms with Gasteiger partial charge in [0.05, 0.1) is 12.2 Å². The lowest BCUT2D eigenvalue weighted by Gasteiger charge is -2.45. The fourth-order valence-corrected chi connectivity index (χ4v) is 3.92. The van der Waals surface area contributed by atoms with Crippen LogP contribution >= 0.6 is 0 Å². The van der Waals surface area contributed by atoms with Crippen LogP contribution in [0.4, 0.5) is 0 Å². The molecule has 2 aliphatic heterocycles. The first-order valence-corrected chi connectivity index (χ1v) is 10.3. The van der Waals surface area contributed by atoms with Crippen LogP contribution in [0.15, 0.2) is 4.99 Å². The van der Waals surface area contributed by atoms with Gasteiger partial charge in [-0.15, -0.1) is 0 Å². The van der Waals surface area contributed by atoms with E-state index in [9.17, 15) is 4.79 Å². The van der Waals surface area contributed by atoms with Crippen LogP contribution in [0, 0.1) is 5.92 Å². The molecule has 0 bridgehead atoms. The number of amides is 1. The van der Waals surface area contributed by atoms with E-state index < -0.39 is 0 Å². The third kappa shape index (κ3) is 6.07. The van der Waals surface area contributed by atoms with Gasteiger partial charge in [0, 0.05) is 57.3 Å². The van der Waals surface area contributed by atoms with Crippen molar-refractivity contribution in [2.75, 3.05) is 39.8 Å². The van der Waals surface area contributed by atoms with Crippen molar-refractivity contribution in [1.82, 2.24) is 20.4 Å². The average Bonchev–Trinajstić information content (AvgIpc) is 3.05. The molecule has 0 aromatic heterocycles. The van der Waals surface area contributed by atoms with Gasteiger partial charge in [-0.25, -0.2) is 0 Å². The largest absolute Gasteiger partial charge is 0.373 e. The summed E-state index contributed by atoms with van der Waals surface area (Å²) in [7, 11) is 1.80. The zero-order valence-electron chi connectivity index (χ0n) is 18.2. The second-order valence-electron chi connectivity index (χ2n) is 8.97. The normalized spacial score (nSPS) is 27.9. The van der Waals surface area contributed by atoms with Crippen molar-refractivity contribution >= 4 is 11.9 Å². The highest BCUT2D eigenvalue weighted by Gasteiger charge is 2.33. The lowest BCUT2D eigenvalue weighted by atomic mass is 10.00. The molecule has 7 heteroatoms. The molecular formula is C20H39N5O2. The van der Waals surface area contributed by atoms with Crippen LogP contribution in [-0.2, 0) is 9.53 Å². The fourth-order valence-electron chi connectivity index (χ4n) is 3.92. The molecule has 2 N–H and O–H groups in total. The number of hydrogen-bond acceptors (Lipinski definition) is 4. The molecule has 2 heterocycles. The SMILES string of the molecule is CN=C(NCC(C)(C)N1CC(C)OC(C)C1)NC1CCN(C(=O)C(C)C)C1. The number of hydrogen-bond donors (Lipinski definition) is 2. The number of nitrogens with one attached hydrogen (secondary N) is 2. The molecule has 156 valence electrons. The van der Waals surface area contributed by atoms with Crippen molar-refractivity contribution in [2.45, 2.75) is 71.8 Å². The zero-order chi connectivity index (χ0) is 20.2. The summed E-state index contributed by atoms with van der Waals surface area (Å²) in [4.78, 5) is 21.0. The maximum atomic E-state index is 12.2. The Morgan fingerprint density at radius 3 is 2.41 bits per heavy atom. The van der Waals surface area contributed by atoms with E-state index >= 15 is 0 Å². The number of guanidine groups is 1. The highest BCUT2D eigenvalue weighted by Crippen LogP contribution is 2.20. The van der Waals surface area contributed by atoms with Gasteiger partial charge in [-0.05, 0) is 34.1 Å². The second-order valence-corrected chi connectivity index (χ2v) is 8.97. The van der Waals surface area contributed by atoms with E-state index in [0.717, 1.165) is 45.1 Å². The van der Waals surface area contributed by atoms with Gasteiger partial charge < -0.3 is 20.3 Å². The summed E-state index contributed by atoms with van der Waals surface area (Å²) < 4.78 is 5.86. The molecular weight excluding hydrogens is 342 g/mol. The van der Waals surface area contributed by atoms with Crippen LogP contribution in [-0.4, -0.2) is 85.2 Å². The van der Waals surface area contributed by atoms with Crippen LogP contribution in [0.3, 0.4) is 0 Å². The number of carbonyl (C=O) groups excluding carboxylic acids is 1. The number of morpholine rings is 1. The molecule has 0 aliphatic carbocycles. The number of likely N-dealkylation sites (tertiary alicyclic amines) is 1. The molecule has 2 rings (SSSR count). The van der Waals surface area contributed by atoms with Gasteiger partial charge >= 0.3 is 0 Å². The van der Waals surface area contributed by atoms with Crippen molar-refractivity contribution in [1.29, 1.82) is 0 Å². The van der Waals surface area contributed by atoms with Crippen LogP contribution in [0.25, 0.3) is 0 Å². The van der Waals surface area contributed by atoms with Gasteiger partial charge in [-0.2, -0.15) is 0 Å². The van der Waals surface area contributed by atoms with E-state index in [0.29, 0.717) is 0 Å². The monoisotopic (exact) mass is 381 g/mol. The number of nitrogens with zero attached hydrogens (tertiary/aromatic N) is 3. The van der Waals surface area contributed by atoms with Gasteiger partial charge in [0.1, 0.15) is 0 Å². The fraction of sp³-hybridized carbons (Fsp3) is 0.900. The van der Waals surface area contributed by atoms with Gasteiger partial charge in [0.25, 0.3) is 0 Å². The maximum absolute atomic E-state index is 12.2. The highest BCUT2D eigenvalue weighted by molar-refractivity contribution is 5.81. The molecule has 3 atom stereocenters. The Balaban J connectivity index is 1.84. The Morgan fingerprint density at radius 2 is 1.85 bits per heavy atom. The summed E-state index contributed by atoms with van der Waals surface area (Å²) in [5.74, 6) is 1.10. The minimum atomic E-state index is -0.000754. The third-order valence-electron chi connectivity index (χ3n) is 5.52. The molecule has 0 spiro atoms. The molecule has 2 saturated heterocycles. The van der Waals surface area contributed by atoms with E-state index in [2.05, 4.69) is 48.2 Å². The summed E-state index contributed by atoms with van der Waals surface area (Å²) in [5.41, 5.74) is -0.000754.